The van der Waals surface area contributed by atoms with Gasteiger partial charge in [-0.15, -0.1) is 0 Å². The fraction of sp³-hybridized carbons (Fsp3) is 0.333. The molecule has 0 saturated heterocycles. The Labute approximate surface area is 86.1 Å². The van der Waals surface area contributed by atoms with Gasteiger partial charge in [-0.2, -0.15) is 0 Å². The second-order valence-electron chi connectivity index (χ2n) is 3.59. The van der Waals surface area contributed by atoms with Crippen LogP contribution in [0.5, 0.6) is 0 Å². The molecular weight excluding hydrogens is 192 g/mol. The summed E-state index contributed by atoms with van der Waals surface area (Å²) in [7, 11) is 0. The van der Waals surface area contributed by atoms with Crippen LogP contribution < -0.4 is 0 Å². The zero-order chi connectivity index (χ0) is 10.2. The summed E-state index contributed by atoms with van der Waals surface area (Å²) >= 11 is -1.72. The topological polar surface area (TPSA) is 0 Å². The molecule has 0 nitrogen and oxygen atoms in total. The second kappa shape index (κ2) is 7.11. The van der Waals surface area contributed by atoms with Crippen molar-refractivity contribution in [1.82, 2.24) is 0 Å². The summed E-state index contributed by atoms with van der Waals surface area (Å²) in [6.45, 7) is 4.08. The van der Waals surface area contributed by atoms with Gasteiger partial charge in [0.15, 0.2) is 0 Å². The molecular formula is C12H20Ti. The van der Waals surface area contributed by atoms with Crippen LogP contribution in [0.15, 0.2) is 45.2 Å². The Balaban J connectivity index is 4.22. The van der Waals surface area contributed by atoms with Gasteiger partial charge in [-0.25, -0.2) is 0 Å². The van der Waals surface area contributed by atoms with E-state index in [4.69, 9.17) is 0 Å². The third-order valence-corrected chi connectivity index (χ3v) is 4.94. The first kappa shape index (κ1) is 12.7. The van der Waals surface area contributed by atoms with Gasteiger partial charge < -0.3 is 0 Å². The zero-order valence-corrected chi connectivity index (χ0v) is 10.7. The van der Waals surface area contributed by atoms with Gasteiger partial charge in [-0.1, -0.05) is 0 Å². The summed E-state index contributed by atoms with van der Waals surface area (Å²) in [5.41, 5.74) is 0. The maximum absolute atomic E-state index is 2.38. The van der Waals surface area contributed by atoms with Crippen LogP contribution in [0.25, 0.3) is 0 Å². The Morgan fingerprint density at radius 3 is 1.38 bits per heavy atom. The summed E-state index contributed by atoms with van der Waals surface area (Å²) in [6.07, 6.45) is 12.6. The average molecular weight is 212 g/mol. The second-order valence-corrected chi connectivity index (χ2v) is 10.3. The Bertz CT molecular complexity index is 206. The van der Waals surface area contributed by atoms with Gasteiger partial charge in [0.25, 0.3) is 0 Å². The molecule has 0 aromatic carbocycles. The monoisotopic (exact) mass is 212 g/mol. The molecule has 1 heteroatoms. The summed E-state index contributed by atoms with van der Waals surface area (Å²) in [6, 6.07) is 0. The van der Waals surface area contributed by atoms with Crippen molar-refractivity contribution in [2.45, 2.75) is 24.3 Å². The third kappa shape index (κ3) is 8.02. The van der Waals surface area contributed by atoms with Gasteiger partial charge in [0.1, 0.15) is 0 Å². The maximum atomic E-state index is 2.38. The van der Waals surface area contributed by atoms with Crippen LogP contribution in [-0.2, 0) is 16.6 Å². The molecule has 0 heterocycles. The molecule has 0 aromatic heterocycles. The van der Waals surface area contributed by atoms with Gasteiger partial charge in [0.2, 0.25) is 0 Å². The summed E-state index contributed by atoms with van der Waals surface area (Å²) in [4.78, 5) is 0. The van der Waals surface area contributed by atoms with E-state index in [9.17, 15) is 0 Å². The predicted molar refractivity (Wildman–Crippen MR) is 59.6 cm³/mol. The quantitative estimate of drug-likeness (QED) is 0.478. The van der Waals surface area contributed by atoms with Crippen LogP contribution in [0, 0.1) is 0 Å². The van der Waals surface area contributed by atoms with Gasteiger partial charge >= 0.3 is 86.1 Å². The number of hydrogen-bond acceptors (Lipinski definition) is 0. The number of allylic oxidation sites excluding steroid dienone is 6. The van der Waals surface area contributed by atoms with E-state index in [1.54, 1.807) is 0 Å². The third-order valence-electron chi connectivity index (χ3n) is 1.66. The molecule has 0 spiro atoms. The molecule has 0 atom stereocenters. The zero-order valence-electron chi connectivity index (χ0n) is 9.12. The molecule has 0 N–H and O–H groups in total. The summed E-state index contributed by atoms with van der Waals surface area (Å²) in [5, 5.41) is 4.75. The minimum absolute atomic E-state index is 1.72. The van der Waals surface area contributed by atoms with Gasteiger partial charge in [-0.05, 0) is 0 Å². The van der Waals surface area contributed by atoms with Crippen LogP contribution >= 0.6 is 0 Å². The van der Waals surface area contributed by atoms with Crippen molar-refractivity contribution in [2.75, 3.05) is 0 Å². The normalized spacial score (nSPS) is 14.5. The molecule has 0 saturated carbocycles. The van der Waals surface area contributed by atoms with Crippen LogP contribution in [0.2, 0.25) is 10.5 Å². The van der Waals surface area contributed by atoms with Crippen LogP contribution in [0.3, 0.4) is 0 Å². The molecule has 0 fully saturated rings. The van der Waals surface area contributed by atoms with E-state index in [0.717, 1.165) is 0 Å². The van der Waals surface area contributed by atoms with E-state index >= 15 is 0 Å². The van der Waals surface area contributed by atoms with Crippen LogP contribution in [0.1, 0.15) is 13.8 Å². The Morgan fingerprint density at radius 2 is 1.08 bits per heavy atom. The molecule has 0 amide bonds. The fourth-order valence-corrected chi connectivity index (χ4v) is 2.95. The van der Waals surface area contributed by atoms with Crippen molar-refractivity contribution in [3.63, 3.8) is 0 Å². The molecule has 13 heavy (non-hydrogen) atoms. The average Bonchev–Trinajstić information content (AvgIpc) is 2.05. The van der Waals surface area contributed by atoms with Crippen molar-refractivity contribution in [2.24, 2.45) is 0 Å². The van der Waals surface area contributed by atoms with Crippen LogP contribution in [-0.4, -0.2) is 0 Å². The molecule has 0 aliphatic heterocycles. The SMILES string of the molecule is CC=CC=[CH][Ti]([CH3])([CH3])[CH]=CC=CC. The van der Waals surface area contributed by atoms with Crippen molar-refractivity contribution in [3.05, 3.63) is 45.2 Å². The van der Waals surface area contributed by atoms with E-state index in [1.165, 1.54) is 0 Å². The molecule has 0 unspecified atom stereocenters. The van der Waals surface area contributed by atoms with Gasteiger partial charge in [0.05, 0.1) is 0 Å². The first-order valence-corrected chi connectivity index (χ1v) is 9.66. The van der Waals surface area contributed by atoms with Gasteiger partial charge in [-0.3, -0.25) is 0 Å². The fourth-order valence-electron chi connectivity index (χ4n) is 0.885. The van der Waals surface area contributed by atoms with E-state index < -0.39 is 16.6 Å². The summed E-state index contributed by atoms with van der Waals surface area (Å²) in [5.74, 6) is 0. The van der Waals surface area contributed by atoms with E-state index in [1.807, 2.05) is 13.8 Å². The van der Waals surface area contributed by atoms with Crippen molar-refractivity contribution in [1.29, 1.82) is 0 Å². The Kier molecular flexibility index (Phi) is 6.94. The van der Waals surface area contributed by atoms with E-state index in [-0.39, 0.29) is 0 Å². The van der Waals surface area contributed by atoms with E-state index in [0.29, 0.717) is 0 Å². The van der Waals surface area contributed by atoms with Crippen molar-refractivity contribution < 1.29 is 16.6 Å². The first-order valence-electron chi connectivity index (χ1n) is 4.73. The molecule has 0 aliphatic rings. The number of hydrogen-bond donors (Lipinski definition) is 0. The Morgan fingerprint density at radius 1 is 0.692 bits per heavy atom. The molecule has 72 valence electrons. The first-order chi connectivity index (χ1) is 6.12. The Hall–Kier alpha value is -0.326. The standard InChI is InChI=1S/2C5H7.2CH3.Ti/c2*1-3-5-4-2;;;/h2*1,3-5H,2H3;2*1H3;. The molecule has 0 aromatic rings. The predicted octanol–water partition coefficient (Wildman–Crippen LogP) is 4.42. The molecule has 0 radical (unpaired) electrons. The van der Waals surface area contributed by atoms with Crippen molar-refractivity contribution in [3.8, 4) is 0 Å². The number of rotatable bonds is 4. The van der Waals surface area contributed by atoms with E-state index in [2.05, 4.69) is 55.7 Å². The van der Waals surface area contributed by atoms with Crippen molar-refractivity contribution >= 4 is 0 Å². The summed E-state index contributed by atoms with van der Waals surface area (Å²) < 4.78 is 4.75. The molecule has 0 aliphatic carbocycles. The minimum atomic E-state index is -1.72. The van der Waals surface area contributed by atoms with Crippen LogP contribution in [0.4, 0.5) is 0 Å². The molecule has 0 bridgehead atoms. The molecule has 0 rings (SSSR count). The van der Waals surface area contributed by atoms with Gasteiger partial charge in [0, 0.05) is 0 Å².